The van der Waals surface area contributed by atoms with Gasteiger partial charge in [-0.05, 0) is 45.7 Å². The number of fused-ring (bicyclic) bond motifs is 2. The van der Waals surface area contributed by atoms with E-state index in [0.29, 0.717) is 6.54 Å². The summed E-state index contributed by atoms with van der Waals surface area (Å²) in [6.45, 7) is 9.11. The molecular formula is C17H24ClNO3S. The minimum atomic E-state index is -0.471. The Hall–Kier alpha value is -0.780. The quantitative estimate of drug-likeness (QED) is 0.681. The predicted molar refractivity (Wildman–Crippen MR) is 92.3 cm³/mol. The molecule has 2 atom stereocenters. The van der Waals surface area contributed by atoms with E-state index in [9.17, 15) is 4.79 Å². The van der Waals surface area contributed by atoms with Gasteiger partial charge in [0.2, 0.25) is 0 Å². The zero-order chi connectivity index (χ0) is 16.8. The van der Waals surface area contributed by atoms with Gasteiger partial charge in [0.05, 0.1) is 16.5 Å². The predicted octanol–water partition coefficient (Wildman–Crippen LogP) is 4.59. The molecule has 3 rings (SSSR count). The minimum Gasteiger partial charge on any atom is -0.444 e. The third-order valence-corrected chi connectivity index (χ3v) is 5.84. The van der Waals surface area contributed by atoms with Crippen molar-refractivity contribution in [2.45, 2.75) is 64.2 Å². The number of amides is 1. The first-order valence-electron chi connectivity index (χ1n) is 8.12. The Morgan fingerprint density at radius 2 is 2.26 bits per heavy atom. The fourth-order valence-corrected chi connectivity index (χ4v) is 4.90. The number of likely N-dealkylation sites (tertiary alicyclic amines) is 1. The summed E-state index contributed by atoms with van der Waals surface area (Å²) in [6.07, 6.45) is 2.26. The van der Waals surface area contributed by atoms with E-state index in [1.807, 2.05) is 25.7 Å². The van der Waals surface area contributed by atoms with Crippen molar-refractivity contribution in [2.24, 2.45) is 0 Å². The maximum absolute atomic E-state index is 12.4. The van der Waals surface area contributed by atoms with Crippen LogP contribution in [-0.2, 0) is 21.5 Å². The SMILES string of the molecule is C[C@H]1CC2(CCN1C(=O)OC(C)(C)C)OCCc1sc(Cl)cc12. The Bertz CT molecular complexity index is 609. The molecule has 1 unspecified atom stereocenters. The molecule has 0 radical (unpaired) electrons. The second-order valence-corrected chi connectivity index (χ2v) is 9.23. The molecule has 2 aliphatic heterocycles. The number of nitrogens with zero attached hydrogens (tertiary/aromatic N) is 1. The molecule has 1 saturated heterocycles. The van der Waals surface area contributed by atoms with Crippen LogP contribution in [0.5, 0.6) is 0 Å². The molecule has 128 valence electrons. The summed E-state index contributed by atoms with van der Waals surface area (Å²) in [4.78, 5) is 15.5. The summed E-state index contributed by atoms with van der Waals surface area (Å²) in [6, 6.07) is 2.12. The molecule has 23 heavy (non-hydrogen) atoms. The smallest absolute Gasteiger partial charge is 0.410 e. The first kappa shape index (κ1) is 17.1. The summed E-state index contributed by atoms with van der Waals surface area (Å²) in [5, 5.41) is 0. The number of carbonyl (C=O) groups is 1. The molecular weight excluding hydrogens is 334 g/mol. The van der Waals surface area contributed by atoms with Gasteiger partial charge in [0.1, 0.15) is 5.60 Å². The van der Waals surface area contributed by atoms with Gasteiger partial charge in [-0.2, -0.15) is 0 Å². The standard InChI is InChI=1S/C17H24ClNO3S/c1-11-10-17(6-7-19(11)15(20)22-16(2,3)4)12-9-14(18)23-13(12)5-8-21-17/h9,11H,5-8,10H2,1-4H3/t11-,17?/m0/s1. The maximum atomic E-state index is 12.4. The van der Waals surface area contributed by atoms with Crippen molar-refractivity contribution >= 4 is 29.0 Å². The van der Waals surface area contributed by atoms with Crippen molar-refractivity contribution in [3.05, 3.63) is 20.8 Å². The highest BCUT2D eigenvalue weighted by molar-refractivity contribution is 7.16. The number of rotatable bonds is 0. The van der Waals surface area contributed by atoms with E-state index in [1.165, 1.54) is 10.4 Å². The lowest BCUT2D eigenvalue weighted by atomic mass is 9.79. The van der Waals surface area contributed by atoms with Crippen LogP contribution in [0.1, 0.15) is 51.0 Å². The van der Waals surface area contributed by atoms with Crippen LogP contribution >= 0.6 is 22.9 Å². The van der Waals surface area contributed by atoms with E-state index in [2.05, 4.69) is 13.0 Å². The highest BCUT2D eigenvalue weighted by atomic mass is 35.5. The number of halogens is 1. The Labute approximate surface area is 146 Å². The highest BCUT2D eigenvalue weighted by Gasteiger charge is 2.46. The van der Waals surface area contributed by atoms with Gasteiger partial charge in [-0.3, -0.25) is 0 Å². The second kappa shape index (κ2) is 5.94. The monoisotopic (exact) mass is 357 g/mol. The molecule has 1 aromatic rings. The molecule has 0 bridgehead atoms. The minimum absolute atomic E-state index is 0.0724. The Kier molecular flexibility index (Phi) is 4.40. The number of ether oxygens (including phenoxy) is 2. The van der Waals surface area contributed by atoms with Crippen molar-refractivity contribution in [1.29, 1.82) is 0 Å². The first-order chi connectivity index (χ1) is 10.7. The van der Waals surface area contributed by atoms with Crippen molar-refractivity contribution in [3.8, 4) is 0 Å². The number of carbonyl (C=O) groups excluding carboxylic acids is 1. The Morgan fingerprint density at radius 3 is 2.91 bits per heavy atom. The van der Waals surface area contributed by atoms with Crippen LogP contribution in [-0.4, -0.2) is 35.8 Å². The molecule has 4 nitrogen and oxygen atoms in total. The molecule has 3 heterocycles. The maximum Gasteiger partial charge on any atom is 0.410 e. The van der Waals surface area contributed by atoms with Crippen molar-refractivity contribution < 1.29 is 14.3 Å². The van der Waals surface area contributed by atoms with Crippen LogP contribution in [0.3, 0.4) is 0 Å². The van der Waals surface area contributed by atoms with Gasteiger partial charge >= 0.3 is 6.09 Å². The summed E-state index contributed by atoms with van der Waals surface area (Å²) < 4.78 is 12.6. The van der Waals surface area contributed by atoms with Crippen LogP contribution in [0.15, 0.2) is 6.07 Å². The zero-order valence-electron chi connectivity index (χ0n) is 14.1. The topological polar surface area (TPSA) is 38.8 Å². The van der Waals surface area contributed by atoms with E-state index in [-0.39, 0.29) is 17.7 Å². The third kappa shape index (κ3) is 3.37. The van der Waals surface area contributed by atoms with Gasteiger partial charge in [0.15, 0.2) is 0 Å². The summed E-state index contributed by atoms with van der Waals surface area (Å²) in [5.41, 5.74) is 0.464. The molecule has 0 aliphatic carbocycles. The number of hydrogen-bond donors (Lipinski definition) is 0. The highest BCUT2D eigenvalue weighted by Crippen LogP contribution is 2.47. The fraction of sp³-hybridized carbons (Fsp3) is 0.706. The van der Waals surface area contributed by atoms with Gasteiger partial charge in [-0.25, -0.2) is 4.79 Å². The second-order valence-electron chi connectivity index (χ2n) is 7.46. The van der Waals surface area contributed by atoms with Gasteiger partial charge < -0.3 is 14.4 Å². The van der Waals surface area contributed by atoms with Gasteiger partial charge in [0, 0.05) is 30.3 Å². The lowest BCUT2D eigenvalue weighted by Crippen LogP contribution is -2.53. The molecule has 0 aromatic carbocycles. The average molecular weight is 358 g/mol. The van der Waals surface area contributed by atoms with E-state index >= 15 is 0 Å². The van der Waals surface area contributed by atoms with Gasteiger partial charge in [-0.1, -0.05) is 11.6 Å². The van der Waals surface area contributed by atoms with Crippen LogP contribution in [0.25, 0.3) is 0 Å². The van der Waals surface area contributed by atoms with E-state index in [0.717, 1.165) is 30.2 Å². The van der Waals surface area contributed by atoms with Crippen LogP contribution in [0.2, 0.25) is 4.34 Å². The molecule has 2 aliphatic rings. The number of thiophene rings is 1. The largest absolute Gasteiger partial charge is 0.444 e. The fourth-order valence-electron chi connectivity index (χ4n) is 3.56. The molecule has 6 heteroatoms. The van der Waals surface area contributed by atoms with Gasteiger partial charge in [0.25, 0.3) is 0 Å². The lowest BCUT2D eigenvalue weighted by molar-refractivity contribution is -0.110. The average Bonchev–Trinajstić information content (AvgIpc) is 2.79. The molecule has 0 N–H and O–H groups in total. The van der Waals surface area contributed by atoms with Crippen molar-refractivity contribution in [2.75, 3.05) is 13.2 Å². The number of hydrogen-bond acceptors (Lipinski definition) is 4. The van der Waals surface area contributed by atoms with Crippen LogP contribution < -0.4 is 0 Å². The van der Waals surface area contributed by atoms with E-state index in [4.69, 9.17) is 21.1 Å². The molecule has 1 fully saturated rings. The molecule has 1 aromatic heterocycles. The third-order valence-electron chi connectivity index (χ3n) is 4.52. The molecule has 1 spiro atoms. The van der Waals surface area contributed by atoms with Crippen molar-refractivity contribution in [1.82, 2.24) is 4.90 Å². The lowest BCUT2D eigenvalue weighted by Gasteiger charge is -2.47. The van der Waals surface area contributed by atoms with Gasteiger partial charge in [-0.15, -0.1) is 11.3 Å². The van der Waals surface area contributed by atoms with Crippen LogP contribution in [0.4, 0.5) is 4.79 Å². The summed E-state index contributed by atoms with van der Waals surface area (Å²) in [5.74, 6) is 0. The summed E-state index contributed by atoms with van der Waals surface area (Å²) in [7, 11) is 0. The Morgan fingerprint density at radius 1 is 1.52 bits per heavy atom. The molecule has 0 saturated carbocycles. The van der Waals surface area contributed by atoms with Crippen molar-refractivity contribution in [3.63, 3.8) is 0 Å². The molecule has 1 amide bonds. The number of piperidine rings is 1. The normalized spacial score (nSPS) is 27.9. The van der Waals surface area contributed by atoms with Crippen LogP contribution in [0, 0.1) is 0 Å². The Balaban J connectivity index is 1.78. The van der Waals surface area contributed by atoms with E-state index in [1.54, 1.807) is 11.3 Å². The first-order valence-corrected chi connectivity index (χ1v) is 9.32. The zero-order valence-corrected chi connectivity index (χ0v) is 15.7. The van der Waals surface area contributed by atoms with E-state index < -0.39 is 5.60 Å². The summed E-state index contributed by atoms with van der Waals surface area (Å²) >= 11 is 7.87.